The Morgan fingerprint density at radius 2 is 2.60 bits per heavy atom. The van der Waals surface area contributed by atoms with E-state index in [9.17, 15) is 4.79 Å². The van der Waals surface area contributed by atoms with E-state index in [1.165, 1.54) is 0 Å². The van der Waals surface area contributed by atoms with Crippen molar-refractivity contribution in [2.45, 2.75) is 19.4 Å². The number of carbonyl (C=O) groups is 1. The summed E-state index contributed by atoms with van der Waals surface area (Å²) >= 11 is 1.63. The molecule has 0 bridgehead atoms. The summed E-state index contributed by atoms with van der Waals surface area (Å²) in [7, 11) is 0. The highest BCUT2D eigenvalue weighted by Crippen LogP contribution is 2.19. The van der Waals surface area contributed by atoms with Crippen LogP contribution in [0.4, 0.5) is 0 Å². The first-order chi connectivity index (χ1) is 7.25. The number of rotatable bonds is 3. The monoisotopic (exact) mass is 226 g/mol. The normalized spacial score (nSPS) is 22.8. The van der Waals surface area contributed by atoms with Gasteiger partial charge in [-0.2, -0.15) is 0 Å². The van der Waals surface area contributed by atoms with E-state index in [-0.39, 0.29) is 5.92 Å². The predicted molar refractivity (Wildman–Crippen MR) is 57.8 cm³/mol. The smallest absolute Gasteiger partial charge is 0.307 e. The molecule has 4 nitrogen and oxygen atoms in total. The number of aromatic nitrogens is 1. The lowest BCUT2D eigenvalue weighted by atomic mass is 9.98. The third-order valence-corrected chi connectivity index (χ3v) is 3.46. The van der Waals surface area contributed by atoms with E-state index < -0.39 is 5.97 Å². The van der Waals surface area contributed by atoms with Crippen molar-refractivity contribution in [3.05, 3.63) is 16.6 Å². The number of carboxylic acid groups (broad SMARTS) is 1. The van der Waals surface area contributed by atoms with E-state index in [1.54, 1.807) is 17.5 Å². The molecule has 1 N–H and O–H groups in total. The molecule has 0 aromatic carbocycles. The lowest BCUT2D eigenvalue weighted by Crippen LogP contribution is -2.38. The third kappa shape index (κ3) is 2.76. The van der Waals surface area contributed by atoms with Gasteiger partial charge in [0.15, 0.2) is 0 Å². The molecule has 2 rings (SSSR count). The number of aliphatic carboxylic acids is 1. The Hall–Kier alpha value is -0.940. The lowest BCUT2D eigenvalue weighted by molar-refractivity contribution is -0.143. The number of likely N-dealkylation sites (tertiary alicyclic amines) is 1. The van der Waals surface area contributed by atoms with Gasteiger partial charge in [-0.25, -0.2) is 4.98 Å². The molecule has 1 atom stereocenters. The molecule has 5 heteroatoms. The second-order valence-electron chi connectivity index (χ2n) is 3.84. The first-order valence-corrected chi connectivity index (χ1v) is 5.97. The summed E-state index contributed by atoms with van der Waals surface area (Å²) in [5.41, 5.74) is 0. The minimum atomic E-state index is -0.668. The number of hydrogen-bond acceptors (Lipinski definition) is 4. The zero-order valence-corrected chi connectivity index (χ0v) is 9.24. The number of thiazole rings is 1. The molecule has 0 radical (unpaired) electrons. The van der Waals surface area contributed by atoms with Crippen LogP contribution in [-0.4, -0.2) is 34.0 Å². The molecular weight excluding hydrogens is 212 g/mol. The third-order valence-electron chi connectivity index (χ3n) is 2.70. The zero-order valence-electron chi connectivity index (χ0n) is 8.43. The largest absolute Gasteiger partial charge is 0.481 e. The summed E-state index contributed by atoms with van der Waals surface area (Å²) in [5, 5.41) is 12.0. The molecule has 2 heterocycles. The van der Waals surface area contributed by atoms with Crippen molar-refractivity contribution >= 4 is 17.3 Å². The summed E-state index contributed by atoms with van der Waals surface area (Å²) in [5.74, 6) is -0.863. The molecule has 82 valence electrons. The van der Waals surface area contributed by atoms with Crippen molar-refractivity contribution in [3.8, 4) is 0 Å². The highest BCUT2D eigenvalue weighted by atomic mass is 32.1. The summed E-state index contributed by atoms with van der Waals surface area (Å²) in [6.07, 6.45) is 3.57. The van der Waals surface area contributed by atoms with Crippen LogP contribution in [0.1, 0.15) is 17.8 Å². The minimum Gasteiger partial charge on any atom is -0.481 e. The maximum atomic E-state index is 10.9. The van der Waals surface area contributed by atoms with Crippen molar-refractivity contribution in [1.82, 2.24) is 9.88 Å². The molecule has 1 saturated heterocycles. The quantitative estimate of drug-likeness (QED) is 0.847. The van der Waals surface area contributed by atoms with E-state index >= 15 is 0 Å². The van der Waals surface area contributed by atoms with Crippen LogP contribution in [0.5, 0.6) is 0 Å². The van der Waals surface area contributed by atoms with Gasteiger partial charge < -0.3 is 5.11 Å². The zero-order chi connectivity index (χ0) is 10.7. The molecular formula is C10H14N2O2S. The lowest BCUT2D eigenvalue weighted by Gasteiger charge is -2.29. The molecule has 1 aromatic rings. The second-order valence-corrected chi connectivity index (χ2v) is 4.82. The van der Waals surface area contributed by atoms with Crippen LogP contribution in [0.3, 0.4) is 0 Å². The van der Waals surface area contributed by atoms with Crippen molar-refractivity contribution < 1.29 is 9.90 Å². The highest BCUT2D eigenvalue weighted by Gasteiger charge is 2.25. The van der Waals surface area contributed by atoms with Crippen molar-refractivity contribution in [1.29, 1.82) is 0 Å². The van der Waals surface area contributed by atoms with Gasteiger partial charge in [0.1, 0.15) is 5.01 Å². The van der Waals surface area contributed by atoms with Gasteiger partial charge in [-0.15, -0.1) is 11.3 Å². The van der Waals surface area contributed by atoms with Gasteiger partial charge in [0, 0.05) is 18.1 Å². The van der Waals surface area contributed by atoms with Crippen molar-refractivity contribution in [2.24, 2.45) is 5.92 Å². The summed E-state index contributed by atoms with van der Waals surface area (Å²) in [4.78, 5) is 17.3. The summed E-state index contributed by atoms with van der Waals surface area (Å²) in [6, 6.07) is 0. The fourth-order valence-electron chi connectivity index (χ4n) is 1.92. The first kappa shape index (κ1) is 10.6. The number of hydrogen-bond donors (Lipinski definition) is 1. The molecule has 1 aliphatic rings. The van der Waals surface area contributed by atoms with E-state index in [2.05, 4.69) is 9.88 Å². The SMILES string of the molecule is O=C(O)C1CCCN(Cc2nccs2)C1. The van der Waals surface area contributed by atoms with Crippen LogP contribution in [-0.2, 0) is 11.3 Å². The van der Waals surface area contributed by atoms with Gasteiger partial charge in [0.25, 0.3) is 0 Å². The fourth-order valence-corrected chi connectivity index (χ4v) is 2.58. The number of nitrogens with zero attached hydrogens (tertiary/aromatic N) is 2. The van der Waals surface area contributed by atoms with Gasteiger partial charge in [-0.1, -0.05) is 0 Å². The van der Waals surface area contributed by atoms with Gasteiger partial charge in [0.2, 0.25) is 0 Å². The molecule has 0 saturated carbocycles. The molecule has 0 spiro atoms. The molecule has 15 heavy (non-hydrogen) atoms. The van der Waals surface area contributed by atoms with E-state index in [1.807, 2.05) is 5.38 Å². The Balaban J connectivity index is 1.90. The van der Waals surface area contributed by atoms with Crippen LogP contribution in [0.15, 0.2) is 11.6 Å². The Kier molecular flexibility index (Phi) is 3.33. The standard InChI is InChI=1S/C10H14N2O2S/c13-10(14)8-2-1-4-12(6-8)7-9-11-3-5-15-9/h3,5,8H,1-2,4,6-7H2,(H,13,14). The molecule has 1 aromatic heterocycles. The maximum Gasteiger partial charge on any atom is 0.307 e. The topological polar surface area (TPSA) is 53.4 Å². The minimum absolute atomic E-state index is 0.196. The first-order valence-electron chi connectivity index (χ1n) is 5.09. The van der Waals surface area contributed by atoms with Gasteiger partial charge in [0.05, 0.1) is 12.5 Å². The Morgan fingerprint density at radius 1 is 1.73 bits per heavy atom. The van der Waals surface area contributed by atoms with E-state index in [0.29, 0.717) is 6.54 Å². The Bertz CT molecular complexity index is 326. The fraction of sp³-hybridized carbons (Fsp3) is 0.600. The number of piperidine rings is 1. The van der Waals surface area contributed by atoms with Gasteiger partial charge >= 0.3 is 5.97 Å². The van der Waals surface area contributed by atoms with Gasteiger partial charge in [-0.05, 0) is 19.4 Å². The highest BCUT2D eigenvalue weighted by molar-refractivity contribution is 7.09. The van der Waals surface area contributed by atoms with E-state index in [4.69, 9.17) is 5.11 Å². The molecule has 0 aliphatic carbocycles. The van der Waals surface area contributed by atoms with Crippen molar-refractivity contribution in [2.75, 3.05) is 13.1 Å². The summed E-state index contributed by atoms with van der Waals surface area (Å²) < 4.78 is 0. The molecule has 1 fully saturated rings. The van der Waals surface area contributed by atoms with Crippen molar-refractivity contribution in [3.63, 3.8) is 0 Å². The molecule has 0 amide bonds. The Labute approximate surface area is 92.6 Å². The molecule has 1 aliphatic heterocycles. The number of carboxylic acids is 1. The van der Waals surface area contributed by atoms with Crippen LogP contribution in [0, 0.1) is 5.92 Å². The second kappa shape index (κ2) is 4.72. The van der Waals surface area contributed by atoms with E-state index in [0.717, 1.165) is 30.9 Å². The average molecular weight is 226 g/mol. The molecule has 1 unspecified atom stereocenters. The summed E-state index contributed by atoms with van der Waals surface area (Å²) in [6.45, 7) is 2.44. The maximum absolute atomic E-state index is 10.9. The van der Waals surface area contributed by atoms with Crippen LogP contribution < -0.4 is 0 Å². The van der Waals surface area contributed by atoms with Gasteiger partial charge in [-0.3, -0.25) is 9.69 Å². The van der Waals surface area contributed by atoms with Crippen LogP contribution in [0.2, 0.25) is 0 Å². The Morgan fingerprint density at radius 3 is 3.27 bits per heavy atom. The average Bonchev–Trinajstić information content (AvgIpc) is 2.71. The van der Waals surface area contributed by atoms with Crippen LogP contribution >= 0.6 is 11.3 Å². The predicted octanol–water partition coefficient (Wildman–Crippen LogP) is 1.44. The van der Waals surface area contributed by atoms with Crippen LogP contribution in [0.25, 0.3) is 0 Å².